The van der Waals surface area contributed by atoms with E-state index in [-0.39, 0.29) is 6.61 Å². The summed E-state index contributed by atoms with van der Waals surface area (Å²) in [5.74, 6) is 0. The molecule has 1 unspecified atom stereocenters. The summed E-state index contributed by atoms with van der Waals surface area (Å²) in [5, 5.41) is 12.0. The zero-order valence-electron chi connectivity index (χ0n) is 8.21. The molecular formula is C9H21N3O. The maximum absolute atomic E-state index is 8.67. The minimum atomic E-state index is 0.230. The third kappa shape index (κ3) is 4.04. The molecule has 1 fully saturated rings. The number of nitrogens with one attached hydrogen (secondary N) is 1. The highest BCUT2D eigenvalue weighted by molar-refractivity contribution is 4.77. The largest absolute Gasteiger partial charge is 0.395 e. The lowest BCUT2D eigenvalue weighted by atomic mass is 10.1. The minimum absolute atomic E-state index is 0.230. The molecule has 0 aromatic heterocycles. The smallest absolute Gasteiger partial charge is 0.0556 e. The van der Waals surface area contributed by atoms with Gasteiger partial charge in [-0.15, -0.1) is 0 Å². The first-order valence-electron chi connectivity index (χ1n) is 5.13. The van der Waals surface area contributed by atoms with Gasteiger partial charge < -0.3 is 21.1 Å². The van der Waals surface area contributed by atoms with Crippen LogP contribution in [0.5, 0.6) is 0 Å². The van der Waals surface area contributed by atoms with E-state index in [9.17, 15) is 0 Å². The first-order valence-corrected chi connectivity index (χ1v) is 5.13. The summed E-state index contributed by atoms with van der Waals surface area (Å²) in [6, 6.07) is 0.549. The van der Waals surface area contributed by atoms with Crippen LogP contribution in [0.1, 0.15) is 12.8 Å². The van der Waals surface area contributed by atoms with Crippen molar-refractivity contribution < 1.29 is 5.11 Å². The molecule has 1 rings (SSSR count). The van der Waals surface area contributed by atoms with Crippen molar-refractivity contribution in [2.75, 3.05) is 39.3 Å². The molecular weight excluding hydrogens is 166 g/mol. The Labute approximate surface area is 80.1 Å². The van der Waals surface area contributed by atoms with E-state index < -0.39 is 0 Å². The average molecular weight is 187 g/mol. The molecule has 1 aliphatic rings. The van der Waals surface area contributed by atoms with Crippen molar-refractivity contribution in [1.82, 2.24) is 10.2 Å². The summed E-state index contributed by atoms with van der Waals surface area (Å²) < 4.78 is 0. The predicted octanol–water partition coefficient (Wildman–Crippen LogP) is -1.01. The van der Waals surface area contributed by atoms with Gasteiger partial charge in [0.1, 0.15) is 0 Å². The van der Waals surface area contributed by atoms with Crippen molar-refractivity contribution in [2.45, 2.75) is 18.9 Å². The van der Waals surface area contributed by atoms with Crippen LogP contribution in [0.2, 0.25) is 0 Å². The van der Waals surface area contributed by atoms with Crippen molar-refractivity contribution >= 4 is 0 Å². The Kier molecular flexibility index (Phi) is 5.31. The van der Waals surface area contributed by atoms with Crippen molar-refractivity contribution in [3.05, 3.63) is 0 Å². The lowest BCUT2D eigenvalue weighted by molar-refractivity contribution is 0.187. The Morgan fingerprint density at radius 1 is 1.54 bits per heavy atom. The van der Waals surface area contributed by atoms with Gasteiger partial charge >= 0.3 is 0 Å². The fraction of sp³-hybridized carbons (Fsp3) is 1.00. The second kappa shape index (κ2) is 6.32. The summed E-state index contributed by atoms with van der Waals surface area (Å²) in [7, 11) is 0. The highest BCUT2D eigenvalue weighted by Gasteiger charge is 2.17. The van der Waals surface area contributed by atoms with E-state index in [2.05, 4.69) is 10.2 Å². The molecule has 13 heavy (non-hydrogen) atoms. The highest BCUT2D eigenvalue weighted by atomic mass is 16.3. The van der Waals surface area contributed by atoms with Crippen LogP contribution in [0.15, 0.2) is 0 Å². The second-order valence-corrected chi connectivity index (χ2v) is 3.61. The molecule has 1 heterocycles. The Bertz CT molecular complexity index is 130. The monoisotopic (exact) mass is 187 g/mol. The molecule has 1 aliphatic heterocycles. The third-order valence-electron chi connectivity index (χ3n) is 2.50. The van der Waals surface area contributed by atoms with Crippen molar-refractivity contribution in [1.29, 1.82) is 0 Å². The van der Waals surface area contributed by atoms with E-state index >= 15 is 0 Å². The highest BCUT2D eigenvalue weighted by Crippen LogP contribution is 2.08. The molecule has 1 saturated heterocycles. The van der Waals surface area contributed by atoms with E-state index in [1.165, 1.54) is 19.4 Å². The second-order valence-electron chi connectivity index (χ2n) is 3.61. The van der Waals surface area contributed by atoms with E-state index in [0.717, 1.165) is 19.6 Å². The van der Waals surface area contributed by atoms with E-state index in [1.807, 2.05) is 0 Å². The first kappa shape index (κ1) is 10.9. The van der Waals surface area contributed by atoms with Crippen LogP contribution in [0.3, 0.4) is 0 Å². The van der Waals surface area contributed by atoms with Gasteiger partial charge in [-0.2, -0.15) is 0 Å². The van der Waals surface area contributed by atoms with Gasteiger partial charge in [0.25, 0.3) is 0 Å². The molecule has 78 valence electrons. The molecule has 4 N–H and O–H groups in total. The molecule has 0 radical (unpaired) electrons. The molecule has 0 saturated carbocycles. The minimum Gasteiger partial charge on any atom is -0.395 e. The predicted molar refractivity (Wildman–Crippen MR) is 53.6 cm³/mol. The van der Waals surface area contributed by atoms with Crippen molar-refractivity contribution in [3.8, 4) is 0 Å². The molecule has 0 bridgehead atoms. The fourth-order valence-electron chi connectivity index (χ4n) is 1.88. The van der Waals surface area contributed by atoms with Gasteiger partial charge in [-0.25, -0.2) is 0 Å². The van der Waals surface area contributed by atoms with Crippen molar-refractivity contribution in [2.24, 2.45) is 5.73 Å². The maximum Gasteiger partial charge on any atom is 0.0556 e. The van der Waals surface area contributed by atoms with Crippen LogP contribution in [0.25, 0.3) is 0 Å². The topological polar surface area (TPSA) is 61.5 Å². The number of hydrogen-bond donors (Lipinski definition) is 3. The van der Waals surface area contributed by atoms with Crippen LogP contribution in [0, 0.1) is 0 Å². The van der Waals surface area contributed by atoms with E-state index in [0.29, 0.717) is 12.6 Å². The number of likely N-dealkylation sites (tertiary alicyclic amines) is 1. The van der Waals surface area contributed by atoms with Crippen LogP contribution in [-0.4, -0.2) is 55.4 Å². The first-order chi connectivity index (χ1) is 6.36. The van der Waals surface area contributed by atoms with E-state index in [1.54, 1.807) is 0 Å². The van der Waals surface area contributed by atoms with Gasteiger partial charge in [0, 0.05) is 32.2 Å². The van der Waals surface area contributed by atoms with Crippen LogP contribution in [0.4, 0.5) is 0 Å². The molecule has 0 aliphatic carbocycles. The SMILES string of the molecule is NCCN1CCCC(NCCO)C1. The van der Waals surface area contributed by atoms with Gasteiger partial charge in [0.15, 0.2) is 0 Å². The quantitative estimate of drug-likeness (QED) is 0.516. The number of nitrogens with two attached hydrogens (primary N) is 1. The molecule has 4 nitrogen and oxygen atoms in total. The maximum atomic E-state index is 8.67. The Morgan fingerprint density at radius 3 is 3.08 bits per heavy atom. The molecule has 1 atom stereocenters. The number of piperidine rings is 1. The Morgan fingerprint density at radius 2 is 2.38 bits per heavy atom. The van der Waals surface area contributed by atoms with Gasteiger partial charge in [0.2, 0.25) is 0 Å². The van der Waals surface area contributed by atoms with Crippen LogP contribution >= 0.6 is 0 Å². The summed E-state index contributed by atoms with van der Waals surface area (Å²) in [6.07, 6.45) is 2.46. The van der Waals surface area contributed by atoms with Crippen LogP contribution in [-0.2, 0) is 0 Å². The normalized spacial score (nSPS) is 24.9. The summed E-state index contributed by atoms with van der Waals surface area (Å²) in [4.78, 5) is 2.39. The van der Waals surface area contributed by atoms with Gasteiger partial charge in [-0.05, 0) is 19.4 Å². The van der Waals surface area contributed by atoms with Gasteiger partial charge in [0.05, 0.1) is 6.61 Å². The lowest BCUT2D eigenvalue weighted by Crippen LogP contribution is -2.47. The molecule has 4 heteroatoms. The number of nitrogens with zero attached hydrogens (tertiary/aromatic N) is 1. The summed E-state index contributed by atoms with van der Waals surface area (Å²) in [6.45, 7) is 4.93. The van der Waals surface area contributed by atoms with Gasteiger partial charge in [-0.1, -0.05) is 0 Å². The summed E-state index contributed by atoms with van der Waals surface area (Å²) >= 11 is 0. The third-order valence-corrected chi connectivity index (χ3v) is 2.50. The number of aliphatic hydroxyl groups is 1. The standard InChI is InChI=1S/C9H21N3O/c10-3-6-12-5-1-2-9(8-12)11-4-7-13/h9,11,13H,1-8,10H2. The Hall–Kier alpha value is -0.160. The number of hydrogen-bond acceptors (Lipinski definition) is 4. The number of aliphatic hydroxyl groups excluding tert-OH is 1. The molecule has 0 spiro atoms. The zero-order chi connectivity index (χ0) is 9.52. The average Bonchev–Trinajstić information content (AvgIpc) is 2.16. The lowest BCUT2D eigenvalue weighted by Gasteiger charge is -2.32. The fourth-order valence-corrected chi connectivity index (χ4v) is 1.88. The van der Waals surface area contributed by atoms with E-state index in [4.69, 9.17) is 10.8 Å². The Balaban J connectivity index is 2.16. The molecule has 0 aromatic rings. The molecule has 0 amide bonds. The zero-order valence-corrected chi connectivity index (χ0v) is 8.21. The number of rotatable bonds is 5. The van der Waals surface area contributed by atoms with Gasteiger partial charge in [-0.3, -0.25) is 0 Å². The summed E-state index contributed by atoms with van der Waals surface area (Å²) in [5.41, 5.74) is 5.50. The van der Waals surface area contributed by atoms with Crippen LogP contribution < -0.4 is 11.1 Å². The molecule has 0 aromatic carbocycles. The van der Waals surface area contributed by atoms with Crippen molar-refractivity contribution in [3.63, 3.8) is 0 Å².